The van der Waals surface area contributed by atoms with Gasteiger partial charge < -0.3 is 4.90 Å². The van der Waals surface area contributed by atoms with Crippen LogP contribution < -0.4 is 4.90 Å². The molecule has 0 spiro atoms. The van der Waals surface area contributed by atoms with Crippen LogP contribution in [0, 0.1) is 0 Å². The van der Waals surface area contributed by atoms with Crippen LogP contribution in [0.25, 0.3) is 0 Å². The smallest absolute Gasteiger partial charge is 0.225 e. The Labute approximate surface area is 115 Å². The summed E-state index contributed by atoms with van der Waals surface area (Å²) in [6.07, 6.45) is 3.63. The van der Waals surface area contributed by atoms with Crippen LogP contribution >= 0.6 is 0 Å². The van der Waals surface area contributed by atoms with Crippen LogP contribution in [0.4, 0.5) is 5.95 Å². The Morgan fingerprint density at radius 2 is 1.68 bits per heavy atom. The zero-order chi connectivity index (χ0) is 13.2. The molecular weight excluding hydrogens is 238 g/mol. The minimum atomic E-state index is 0.678. The van der Waals surface area contributed by atoms with E-state index >= 15 is 0 Å². The van der Waals surface area contributed by atoms with Gasteiger partial charge in [0.25, 0.3) is 0 Å². The van der Waals surface area contributed by atoms with E-state index in [9.17, 15) is 0 Å². The number of anilines is 1. The van der Waals surface area contributed by atoms with Gasteiger partial charge in [-0.25, -0.2) is 9.97 Å². The summed E-state index contributed by atoms with van der Waals surface area (Å²) in [5.74, 6) is 0.875. The highest BCUT2D eigenvalue weighted by Gasteiger charge is 2.34. The molecule has 2 aliphatic rings. The summed E-state index contributed by atoms with van der Waals surface area (Å²) in [4.78, 5) is 16.1. The van der Waals surface area contributed by atoms with Crippen molar-refractivity contribution in [2.75, 3.05) is 44.2 Å². The summed E-state index contributed by atoms with van der Waals surface area (Å²) in [5.41, 5.74) is 0. The van der Waals surface area contributed by atoms with Crippen molar-refractivity contribution < 1.29 is 0 Å². The first-order chi connectivity index (χ1) is 9.24. The fourth-order valence-corrected chi connectivity index (χ4v) is 2.92. The highest BCUT2D eigenvalue weighted by molar-refractivity contribution is 5.34. The van der Waals surface area contributed by atoms with Gasteiger partial charge in [-0.1, -0.05) is 0 Å². The first-order valence-corrected chi connectivity index (χ1v) is 7.24. The van der Waals surface area contributed by atoms with Crippen molar-refractivity contribution in [1.82, 2.24) is 19.8 Å². The summed E-state index contributed by atoms with van der Waals surface area (Å²) in [6, 6.07) is 3.24. The van der Waals surface area contributed by atoms with E-state index < -0.39 is 0 Å². The molecular formula is C14H23N5. The van der Waals surface area contributed by atoms with Gasteiger partial charge in [0.05, 0.1) is 0 Å². The third-order valence-corrected chi connectivity index (χ3v) is 4.29. The van der Waals surface area contributed by atoms with Crippen molar-refractivity contribution in [2.45, 2.75) is 25.9 Å². The zero-order valence-electron chi connectivity index (χ0n) is 11.9. The predicted molar refractivity (Wildman–Crippen MR) is 76.3 cm³/mol. The van der Waals surface area contributed by atoms with Gasteiger partial charge in [-0.2, -0.15) is 0 Å². The van der Waals surface area contributed by atoms with Gasteiger partial charge in [0, 0.05) is 63.7 Å². The van der Waals surface area contributed by atoms with Crippen LogP contribution in [0.2, 0.25) is 0 Å². The molecule has 3 heterocycles. The van der Waals surface area contributed by atoms with Crippen LogP contribution in [0.15, 0.2) is 18.5 Å². The van der Waals surface area contributed by atoms with E-state index in [1.807, 2.05) is 18.5 Å². The summed E-state index contributed by atoms with van der Waals surface area (Å²) >= 11 is 0. The zero-order valence-corrected chi connectivity index (χ0v) is 11.9. The van der Waals surface area contributed by atoms with E-state index in [0.717, 1.165) is 19.0 Å². The Morgan fingerprint density at radius 1 is 1.05 bits per heavy atom. The van der Waals surface area contributed by atoms with Crippen molar-refractivity contribution in [3.05, 3.63) is 18.5 Å². The molecule has 5 heteroatoms. The first kappa shape index (κ1) is 12.8. The molecule has 1 aromatic rings. The lowest BCUT2D eigenvalue weighted by Crippen LogP contribution is -2.63. The lowest BCUT2D eigenvalue weighted by molar-refractivity contribution is 0.0674. The van der Waals surface area contributed by atoms with Gasteiger partial charge in [0.2, 0.25) is 5.95 Å². The maximum absolute atomic E-state index is 4.30. The summed E-state index contributed by atoms with van der Waals surface area (Å²) in [7, 11) is 0. The summed E-state index contributed by atoms with van der Waals surface area (Å²) in [6.45, 7) is 11.5. The van der Waals surface area contributed by atoms with E-state index in [1.54, 1.807) is 0 Å². The number of nitrogens with zero attached hydrogens (tertiary/aromatic N) is 5. The van der Waals surface area contributed by atoms with Gasteiger partial charge in [-0.15, -0.1) is 0 Å². The second-order valence-corrected chi connectivity index (χ2v) is 5.77. The molecule has 1 aromatic heterocycles. The molecule has 2 saturated heterocycles. The van der Waals surface area contributed by atoms with E-state index in [4.69, 9.17) is 0 Å². The lowest BCUT2D eigenvalue weighted by Gasteiger charge is -2.48. The Morgan fingerprint density at radius 3 is 2.26 bits per heavy atom. The van der Waals surface area contributed by atoms with Crippen molar-refractivity contribution >= 4 is 5.95 Å². The normalized spacial score (nSPS) is 22.8. The molecule has 0 radical (unpaired) electrons. The van der Waals surface area contributed by atoms with Crippen LogP contribution in [-0.4, -0.2) is 71.1 Å². The molecule has 0 unspecified atom stereocenters. The highest BCUT2D eigenvalue weighted by atomic mass is 15.4. The average Bonchev–Trinajstić information content (AvgIpc) is 2.39. The second kappa shape index (κ2) is 5.43. The SMILES string of the molecule is CC(C)N1CCN(C2CN(c3ncccn3)C2)CC1. The van der Waals surface area contributed by atoms with Gasteiger partial charge >= 0.3 is 0 Å². The Balaban J connectivity index is 1.47. The Hall–Kier alpha value is -1.20. The third-order valence-electron chi connectivity index (χ3n) is 4.29. The molecule has 0 bridgehead atoms. The van der Waals surface area contributed by atoms with Crippen LogP contribution in [-0.2, 0) is 0 Å². The summed E-state index contributed by atoms with van der Waals surface area (Å²) in [5, 5.41) is 0. The van der Waals surface area contributed by atoms with E-state index in [-0.39, 0.29) is 0 Å². The monoisotopic (exact) mass is 261 g/mol. The number of hydrogen-bond donors (Lipinski definition) is 0. The van der Waals surface area contributed by atoms with Crippen LogP contribution in [0.1, 0.15) is 13.8 Å². The number of aromatic nitrogens is 2. The molecule has 2 aliphatic heterocycles. The maximum atomic E-state index is 4.30. The standard InChI is InChI=1S/C14H23N5/c1-12(2)17-6-8-18(9-7-17)13-10-19(11-13)14-15-4-3-5-16-14/h3-5,12-13H,6-11H2,1-2H3. The molecule has 0 aromatic carbocycles. The lowest BCUT2D eigenvalue weighted by atomic mass is 10.1. The minimum Gasteiger partial charge on any atom is -0.338 e. The van der Waals surface area contributed by atoms with Crippen molar-refractivity contribution in [3.8, 4) is 0 Å². The number of piperazine rings is 1. The Bertz CT molecular complexity index is 394. The summed E-state index contributed by atoms with van der Waals surface area (Å²) < 4.78 is 0. The highest BCUT2D eigenvalue weighted by Crippen LogP contribution is 2.21. The Kier molecular flexibility index (Phi) is 3.66. The average molecular weight is 261 g/mol. The number of rotatable bonds is 3. The first-order valence-electron chi connectivity index (χ1n) is 7.24. The predicted octanol–water partition coefficient (Wildman–Crippen LogP) is 0.691. The fourth-order valence-electron chi connectivity index (χ4n) is 2.92. The molecule has 19 heavy (non-hydrogen) atoms. The van der Waals surface area contributed by atoms with Crippen LogP contribution in [0.5, 0.6) is 0 Å². The molecule has 3 rings (SSSR count). The van der Waals surface area contributed by atoms with Gasteiger partial charge in [0.15, 0.2) is 0 Å². The van der Waals surface area contributed by atoms with Crippen molar-refractivity contribution in [3.63, 3.8) is 0 Å². The van der Waals surface area contributed by atoms with E-state index in [2.05, 4.69) is 38.5 Å². The topological polar surface area (TPSA) is 35.5 Å². The molecule has 2 fully saturated rings. The maximum Gasteiger partial charge on any atom is 0.225 e. The quantitative estimate of drug-likeness (QED) is 0.800. The largest absolute Gasteiger partial charge is 0.338 e. The fraction of sp³-hybridized carbons (Fsp3) is 0.714. The molecule has 0 aliphatic carbocycles. The van der Waals surface area contributed by atoms with Crippen molar-refractivity contribution in [1.29, 1.82) is 0 Å². The van der Waals surface area contributed by atoms with Crippen molar-refractivity contribution in [2.24, 2.45) is 0 Å². The second-order valence-electron chi connectivity index (χ2n) is 5.77. The minimum absolute atomic E-state index is 0.678. The molecule has 104 valence electrons. The molecule has 5 nitrogen and oxygen atoms in total. The van der Waals surface area contributed by atoms with E-state index in [0.29, 0.717) is 12.1 Å². The molecule has 0 saturated carbocycles. The van der Waals surface area contributed by atoms with Gasteiger partial charge in [0.1, 0.15) is 0 Å². The van der Waals surface area contributed by atoms with Crippen LogP contribution in [0.3, 0.4) is 0 Å². The molecule has 0 atom stereocenters. The molecule has 0 N–H and O–H groups in total. The molecule has 0 amide bonds. The van der Waals surface area contributed by atoms with Gasteiger partial charge in [-0.05, 0) is 19.9 Å². The number of hydrogen-bond acceptors (Lipinski definition) is 5. The van der Waals surface area contributed by atoms with E-state index in [1.165, 1.54) is 26.2 Å². The van der Waals surface area contributed by atoms with Gasteiger partial charge in [-0.3, -0.25) is 9.80 Å². The third kappa shape index (κ3) is 2.72.